The standard InChI is InChI=1S/C5H11BO2/c1-5(2-6,3-7)4-8/h7-8H,2-4H2,1H3. The van der Waals surface area contributed by atoms with Crippen LogP contribution in [0.15, 0.2) is 0 Å². The lowest BCUT2D eigenvalue weighted by Gasteiger charge is -2.21. The van der Waals surface area contributed by atoms with E-state index in [1.165, 1.54) is 0 Å². The molecule has 0 aromatic rings. The molecule has 0 saturated heterocycles. The summed E-state index contributed by atoms with van der Waals surface area (Å²) in [4.78, 5) is 0. The predicted octanol–water partition coefficient (Wildman–Crippen LogP) is -0.436. The van der Waals surface area contributed by atoms with Crippen LogP contribution in [0.25, 0.3) is 0 Å². The Morgan fingerprint density at radius 2 is 1.75 bits per heavy atom. The Kier molecular flexibility index (Phi) is 3.09. The van der Waals surface area contributed by atoms with Crippen molar-refractivity contribution in [2.45, 2.75) is 13.2 Å². The third-order valence-electron chi connectivity index (χ3n) is 1.26. The van der Waals surface area contributed by atoms with Gasteiger partial charge in [-0.3, -0.25) is 0 Å². The molecule has 0 aliphatic heterocycles. The number of aliphatic hydroxyl groups is 2. The van der Waals surface area contributed by atoms with E-state index in [0.717, 1.165) is 0 Å². The van der Waals surface area contributed by atoms with E-state index in [1.807, 2.05) is 0 Å². The van der Waals surface area contributed by atoms with Crippen LogP contribution in [0.1, 0.15) is 6.92 Å². The molecule has 0 aromatic carbocycles. The third kappa shape index (κ3) is 1.84. The molecule has 2 radical (unpaired) electrons. The molecular formula is C5H11BO2. The van der Waals surface area contributed by atoms with Crippen molar-refractivity contribution in [3.8, 4) is 0 Å². The Morgan fingerprint density at radius 3 is 1.75 bits per heavy atom. The van der Waals surface area contributed by atoms with Crippen molar-refractivity contribution in [3.63, 3.8) is 0 Å². The molecule has 2 N–H and O–H groups in total. The van der Waals surface area contributed by atoms with Crippen molar-refractivity contribution in [1.82, 2.24) is 0 Å². The van der Waals surface area contributed by atoms with Crippen molar-refractivity contribution in [2.24, 2.45) is 5.41 Å². The van der Waals surface area contributed by atoms with Crippen molar-refractivity contribution in [1.29, 1.82) is 0 Å². The van der Waals surface area contributed by atoms with E-state index >= 15 is 0 Å². The second-order valence-corrected chi connectivity index (χ2v) is 2.33. The summed E-state index contributed by atoms with van der Waals surface area (Å²) in [6.45, 7) is 1.62. The Bertz CT molecular complexity index is 53.2. The Hall–Kier alpha value is -0.0151. The summed E-state index contributed by atoms with van der Waals surface area (Å²) in [5.74, 6) is 0. The van der Waals surface area contributed by atoms with Crippen LogP contribution in [0.4, 0.5) is 0 Å². The van der Waals surface area contributed by atoms with E-state index in [4.69, 9.17) is 18.1 Å². The smallest absolute Gasteiger partial charge is 0.0662 e. The average molecular weight is 114 g/mol. The van der Waals surface area contributed by atoms with E-state index in [1.54, 1.807) is 6.92 Å². The lowest BCUT2D eigenvalue weighted by Crippen LogP contribution is -2.24. The molecule has 0 unspecified atom stereocenters. The van der Waals surface area contributed by atoms with Gasteiger partial charge in [-0.2, -0.15) is 0 Å². The highest BCUT2D eigenvalue weighted by atomic mass is 16.3. The zero-order valence-electron chi connectivity index (χ0n) is 5.09. The molecule has 0 saturated carbocycles. The van der Waals surface area contributed by atoms with Crippen LogP contribution in [0, 0.1) is 5.41 Å². The Morgan fingerprint density at radius 1 is 1.38 bits per heavy atom. The topological polar surface area (TPSA) is 40.5 Å². The highest BCUT2D eigenvalue weighted by molar-refractivity contribution is 6.09. The summed E-state index contributed by atoms with van der Waals surface area (Å²) in [5.41, 5.74) is -0.486. The van der Waals surface area contributed by atoms with Crippen LogP contribution >= 0.6 is 0 Å². The van der Waals surface area contributed by atoms with Crippen LogP contribution in [0.5, 0.6) is 0 Å². The van der Waals surface area contributed by atoms with Crippen molar-refractivity contribution in [3.05, 3.63) is 0 Å². The normalized spacial score (nSPS) is 11.9. The summed E-state index contributed by atoms with van der Waals surface area (Å²) in [6, 6.07) is 0. The molecule has 0 aliphatic carbocycles. The molecule has 0 fully saturated rings. The van der Waals surface area contributed by atoms with Gasteiger partial charge < -0.3 is 10.2 Å². The van der Waals surface area contributed by atoms with Gasteiger partial charge in [-0.15, -0.1) is 0 Å². The zero-order valence-corrected chi connectivity index (χ0v) is 5.09. The molecule has 46 valence electrons. The molecule has 0 bridgehead atoms. The van der Waals surface area contributed by atoms with E-state index in [0.29, 0.717) is 6.32 Å². The van der Waals surface area contributed by atoms with Gasteiger partial charge in [-0.1, -0.05) is 13.2 Å². The SMILES string of the molecule is [B]CC(C)(CO)CO. The molecule has 0 spiro atoms. The van der Waals surface area contributed by atoms with E-state index in [9.17, 15) is 0 Å². The first-order valence-corrected chi connectivity index (χ1v) is 2.60. The van der Waals surface area contributed by atoms with E-state index in [2.05, 4.69) is 0 Å². The minimum atomic E-state index is -0.486. The van der Waals surface area contributed by atoms with Crippen LogP contribution in [-0.4, -0.2) is 31.3 Å². The fourth-order valence-corrected chi connectivity index (χ4v) is 0.179. The average Bonchev–Trinajstić information content (AvgIpc) is 1.87. The molecular weight excluding hydrogens is 103 g/mol. The van der Waals surface area contributed by atoms with Gasteiger partial charge in [-0.05, 0) is 0 Å². The molecule has 0 heterocycles. The lowest BCUT2D eigenvalue weighted by atomic mass is 9.79. The monoisotopic (exact) mass is 114 g/mol. The van der Waals surface area contributed by atoms with Gasteiger partial charge >= 0.3 is 0 Å². The first-order valence-electron chi connectivity index (χ1n) is 2.60. The molecule has 0 amide bonds. The van der Waals surface area contributed by atoms with Gasteiger partial charge in [-0.25, -0.2) is 0 Å². The minimum absolute atomic E-state index is 0.0556. The largest absolute Gasteiger partial charge is 0.396 e. The summed E-state index contributed by atoms with van der Waals surface area (Å²) in [5, 5.41) is 17.1. The van der Waals surface area contributed by atoms with Crippen molar-refractivity contribution in [2.75, 3.05) is 13.2 Å². The van der Waals surface area contributed by atoms with Crippen molar-refractivity contribution < 1.29 is 10.2 Å². The van der Waals surface area contributed by atoms with Crippen molar-refractivity contribution >= 4 is 7.85 Å². The highest BCUT2D eigenvalue weighted by Crippen LogP contribution is 2.16. The number of aliphatic hydroxyl groups excluding tert-OH is 2. The summed E-state index contributed by atoms with van der Waals surface area (Å²) < 4.78 is 0. The minimum Gasteiger partial charge on any atom is -0.396 e. The third-order valence-corrected chi connectivity index (χ3v) is 1.26. The molecule has 8 heavy (non-hydrogen) atoms. The van der Waals surface area contributed by atoms with Crippen LogP contribution < -0.4 is 0 Å². The number of hydrogen-bond acceptors (Lipinski definition) is 2. The number of rotatable bonds is 3. The molecule has 3 heteroatoms. The van der Waals surface area contributed by atoms with E-state index < -0.39 is 5.41 Å². The quantitative estimate of drug-likeness (QED) is 0.488. The molecule has 0 atom stereocenters. The first-order chi connectivity index (χ1) is 3.68. The van der Waals surface area contributed by atoms with Gasteiger partial charge in [0.2, 0.25) is 0 Å². The zero-order chi connectivity index (χ0) is 6.62. The molecule has 0 aliphatic rings. The second-order valence-electron chi connectivity index (χ2n) is 2.33. The second kappa shape index (κ2) is 3.10. The van der Waals surface area contributed by atoms with Gasteiger partial charge in [0.1, 0.15) is 0 Å². The maximum absolute atomic E-state index is 8.55. The summed E-state index contributed by atoms with van der Waals surface area (Å²) >= 11 is 0. The van der Waals surface area contributed by atoms with Crippen LogP contribution in [-0.2, 0) is 0 Å². The fourth-order valence-electron chi connectivity index (χ4n) is 0.179. The van der Waals surface area contributed by atoms with Gasteiger partial charge in [0.25, 0.3) is 0 Å². The Balaban J connectivity index is 3.58. The van der Waals surface area contributed by atoms with Crippen LogP contribution in [0.2, 0.25) is 6.32 Å². The maximum Gasteiger partial charge on any atom is 0.0662 e. The van der Waals surface area contributed by atoms with Gasteiger partial charge in [0.05, 0.1) is 7.85 Å². The number of hydrogen-bond donors (Lipinski definition) is 2. The lowest BCUT2D eigenvalue weighted by molar-refractivity contribution is 0.0862. The summed E-state index contributed by atoms with van der Waals surface area (Å²) in [7, 11) is 5.21. The van der Waals surface area contributed by atoms with E-state index in [-0.39, 0.29) is 13.2 Å². The van der Waals surface area contributed by atoms with Gasteiger partial charge in [0, 0.05) is 18.6 Å². The van der Waals surface area contributed by atoms with Crippen LogP contribution in [0.3, 0.4) is 0 Å². The molecule has 2 nitrogen and oxygen atoms in total. The molecule has 0 aromatic heterocycles. The molecule has 0 rings (SSSR count). The van der Waals surface area contributed by atoms with Gasteiger partial charge in [0.15, 0.2) is 0 Å². The fraction of sp³-hybridized carbons (Fsp3) is 1.00. The predicted molar refractivity (Wildman–Crippen MR) is 32.8 cm³/mol. The Labute approximate surface area is 50.9 Å². The summed E-state index contributed by atoms with van der Waals surface area (Å²) in [6.07, 6.45) is 0.319. The highest BCUT2D eigenvalue weighted by Gasteiger charge is 2.18. The maximum atomic E-state index is 8.55. The first kappa shape index (κ1) is 7.98.